The zero-order chi connectivity index (χ0) is 21.4. The number of rotatable bonds is 3. The summed E-state index contributed by atoms with van der Waals surface area (Å²) < 4.78 is 11.1. The first kappa shape index (κ1) is 20.2. The highest BCUT2D eigenvalue weighted by Crippen LogP contribution is 2.66. The van der Waals surface area contributed by atoms with Gasteiger partial charge in [-0.05, 0) is 67.0 Å². The minimum atomic E-state index is -0.647. The summed E-state index contributed by atoms with van der Waals surface area (Å²) in [6, 6.07) is 15.6. The van der Waals surface area contributed by atoms with Crippen LogP contribution >= 0.6 is 0 Å². The molecule has 2 aromatic carbocycles. The molecule has 0 amide bonds. The molecule has 2 saturated carbocycles. The van der Waals surface area contributed by atoms with Gasteiger partial charge in [0.1, 0.15) is 11.9 Å². The molecule has 0 spiro atoms. The summed E-state index contributed by atoms with van der Waals surface area (Å²) in [4.78, 5) is 24.6. The largest absolute Gasteiger partial charge is 0.458 e. The van der Waals surface area contributed by atoms with Crippen LogP contribution in [0, 0.1) is 28.6 Å². The molecule has 4 rings (SSSR count). The van der Waals surface area contributed by atoms with Crippen LogP contribution in [-0.4, -0.2) is 18.0 Å². The van der Waals surface area contributed by atoms with E-state index in [0.717, 1.165) is 18.4 Å². The Morgan fingerprint density at radius 2 is 1.70 bits per heavy atom. The topological polar surface area (TPSA) is 52.6 Å². The SMILES string of the molecule is CC1(C)C2CCC1(C)[C@H](OC(=O)c1ccc(OC(=O)C#Cc3ccccc3)cc1)C2. The Morgan fingerprint density at radius 1 is 1.00 bits per heavy atom. The molecule has 2 aromatic rings. The van der Waals surface area contributed by atoms with Crippen LogP contribution in [0.4, 0.5) is 0 Å². The zero-order valence-electron chi connectivity index (χ0n) is 17.6. The van der Waals surface area contributed by atoms with Crippen LogP contribution in [0.25, 0.3) is 0 Å². The number of hydrogen-bond donors (Lipinski definition) is 0. The van der Waals surface area contributed by atoms with Gasteiger partial charge in [0.25, 0.3) is 0 Å². The van der Waals surface area contributed by atoms with E-state index in [0.29, 0.717) is 17.2 Å². The van der Waals surface area contributed by atoms with Crippen molar-refractivity contribution >= 4 is 11.9 Å². The summed E-state index contributed by atoms with van der Waals surface area (Å²) in [6.07, 6.45) is 3.20. The number of carbonyl (C=O) groups excluding carboxylic acids is 2. The van der Waals surface area contributed by atoms with Crippen molar-refractivity contribution in [3.63, 3.8) is 0 Å². The number of ether oxygens (including phenoxy) is 2. The predicted octanol–water partition coefficient (Wildman–Crippen LogP) is 5.02. The third kappa shape index (κ3) is 3.61. The van der Waals surface area contributed by atoms with Gasteiger partial charge in [-0.2, -0.15) is 0 Å². The van der Waals surface area contributed by atoms with Crippen LogP contribution in [0.2, 0.25) is 0 Å². The fourth-order valence-corrected chi connectivity index (χ4v) is 4.94. The first-order valence-corrected chi connectivity index (χ1v) is 10.4. The Balaban J connectivity index is 1.36. The number of carbonyl (C=O) groups is 2. The summed E-state index contributed by atoms with van der Waals surface area (Å²) >= 11 is 0. The van der Waals surface area contributed by atoms with Crippen LogP contribution in [0.5, 0.6) is 5.75 Å². The second-order valence-corrected chi connectivity index (χ2v) is 9.03. The van der Waals surface area contributed by atoms with E-state index in [1.807, 2.05) is 30.3 Å². The molecule has 4 nitrogen and oxygen atoms in total. The zero-order valence-corrected chi connectivity index (χ0v) is 17.6. The summed E-state index contributed by atoms with van der Waals surface area (Å²) in [6.45, 7) is 6.83. The van der Waals surface area contributed by atoms with Crippen LogP contribution in [0.1, 0.15) is 56.0 Å². The lowest BCUT2D eigenvalue weighted by atomic mass is 9.70. The van der Waals surface area contributed by atoms with Gasteiger partial charge in [-0.15, -0.1) is 0 Å². The predicted molar refractivity (Wildman–Crippen MR) is 114 cm³/mol. The molecular formula is C26H26O4. The maximum atomic E-state index is 12.7. The molecule has 0 radical (unpaired) electrons. The van der Waals surface area contributed by atoms with Crippen molar-refractivity contribution in [2.24, 2.45) is 16.7 Å². The van der Waals surface area contributed by atoms with Crippen molar-refractivity contribution in [2.45, 2.75) is 46.1 Å². The fourth-order valence-electron chi connectivity index (χ4n) is 4.94. The Bertz CT molecular complexity index is 1010. The molecule has 2 fully saturated rings. The molecule has 0 aromatic heterocycles. The summed E-state index contributed by atoms with van der Waals surface area (Å²) in [5.74, 6) is 5.19. The standard InChI is InChI=1S/C26H26O4/c1-25(2)20-15-16-26(25,3)22(17-20)30-24(28)19-10-12-21(13-11-19)29-23(27)14-9-18-7-5-4-6-8-18/h4-8,10-13,20,22H,15-17H2,1-3H3/t20?,22-,26?/m1/s1. The number of hydrogen-bond acceptors (Lipinski definition) is 4. The first-order valence-electron chi connectivity index (χ1n) is 10.4. The molecule has 2 aliphatic rings. The van der Waals surface area contributed by atoms with Crippen molar-refractivity contribution in [2.75, 3.05) is 0 Å². The first-order chi connectivity index (χ1) is 14.3. The van der Waals surface area contributed by atoms with Crippen LogP contribution < -0.4 is 4.74 Å². The second kappa shape index (κ2) is 7.65. The lowest BCUT2D eigenvalue weighted by Gasteiger charge is -2.38. The summed E-state index contributed by atoms with van der Waals surface area (Å²) in [7, 11) is 0. The molecule has 154 valence electrons. The molecule has 30 heavy (non-hydrogen) atoms. The number of esters is 2. The Morgan fingerprint density at radius 3 is 2.30 bits per heavy atom. The van der Waals surface area contributed by atoms with E-state index in [1.165, 1.54) is 6.42 Å². The van der Waals surface area contributed by atoms with Crippen molar-refractivity contribution in [1.82, 2.24) is 0 Å². The average Bonchev–Trinajstić information content (AvgIpc) is 3.07. The Hall–Kier alpha value is -3.06. The van der Waals surface area contributed by atoms with Crippen LogP contribution in [0.15, 0.2) is 54.6 Å². The van der Waals surface area contributed by atoms with E-state index in [4.69, 9.17) is 9.47 Å². The normalized spacial score (nSPS) is 25.8. The second-order valence-electron chi connectivity index (χ2n) is 9.03. The van der Waals surface area contributed by atoms with Crippen molar-refractivity contribution < 1.29 is 19.1 Å². The molecule has 0 heterocycles. The van der Waals surface area contributed by atoms with Gasteiger partial charge < -0.3 is 9.47 Å². The minimum Gasteiger partial charge on any atom is -0.458 e. The minimum absolute atomic E-state index is 0.0280. The lowest BCUT2D eigenvalue weighted by molar-refractivity contribution is -0.128. The molecule has 0 aliphatic heterocycles. The molecule has 0 saturated heterocycles. The van der Waals surface area contributed by atoms with E-state index in [1.54, 1.807) is 24.3 Å². The fraction of sp³-hybridized carbons (Fsp3) is 0.385. The van der Waals surface area contributed by atoms with E-state index < -0.39 is 5.97 Å². The van der Waals surface area contributed by atoms with Crippen LogP contribution in [-0.2, 0) is 9.53 Å². The smallest absolute Gasteiger partial charge is 0.390 e. The van der Waals surface area contributed by atoms with Gasteiger partial charge >= 0.3 is 11.9 Å². The highest BCUT2D eigenvalue weighted by atomic mass is 16.5. The van der Waals surface area contributed by atoms with Crippen molar-refractivity contribution in [3.05, 3.63) is 65.7 Å². The molecule has 2 aliphatic carbocycles. The number of fused-ring (bicyclic) bond motifs is 2. The highest BCUT2D eigenvalue weighted by molar-refractivity contribution is 5.92. The maximum Gasteiger partial charge on any atom is 0.390 e. The lowest BCUT2D eigenvalue weighted by Crippen LogP contribution is -2.38. The van der Waals surface area contributed by atoms with Gasteiger partial charge in [0, 0.05) is 16.9 Å². The highest BCUT2D eigenvalue weighted by Gasteiger charge is 2.62. The molecule has 2 bridgehead atoms. The van der Waals surface area contributed by atoms with E-state index in [-0.39, 0.29) is 22.9 Å². The van der Waals surface area contributed by atoms with Gasteiger partial charge in [-0.1, -0.05) is 44.9 Å². The van der Waals surface area contributed by atoms with E-state index in [2.05, 4.69) is 32.6 Å². The summed E-state index contributed by atoms with van der Waals surface area (Å²) in [5.41, 5.74) is 1.41. The maximum absolute atomic E-state index is 12.7. The monoisotopic (exact) mass is 402 g/mol. The Kier molecular flexibility index (Phi) is 5.15. The van der Waals surface area contributed by atoms with Gasteiger partial charge in [0.05, 0.1) is 5.56 Å². The Labute approximate surface area is 177 Å². The van der Waals surface area contributed by atoms with Crippen molar-refractivity contribution in [1.29, 1.82) is 0 Å². The van der Waals surface area contributed by atoms with Gasteiger partial charge in [0.2, 0.25) is 0 Å². The third-order valence-corrected chi connectivity index (χ3v) is 7.35. The van der Waals surface area contributed by atoms with Gasteiger partial charge in [0.15, 0.2) is 0 Å². The van der Waals surface area contributed by atoms with E-state index in [9.17, 15) is 9.59 Å². The molecule has 3 atom stereocenters. The van der Waals surface area contributed by atoms with E-state index >= 15 is 0 Å². The van der Waals surface area contributed by atoms with Gasteiger partial charge in [-0.25, -0.2) is 9.59 Å². The average molecular weight is 402 g/mol. The molecule has 4 heteroatoms. The van der Waals surface area contributed by atoms with Crippen molar-refractivity contribution in [3.8, 4) is 17.6 Å². The number of benzene rings is 2. The molecule has 2 unspecified atom stereocenters. The van der Waals surface area contributed by atoms with Gasteiger partial charge in [-0.3, -0.25) is 0 Å². The van der Waals surface area contributed by atoms with Crippen LogP contribution in [0.3, 0.4) is 0 Å². The summed E-state index contributed by atoms with van der Waals surface area (Å²) in [5, 5.41) is 0. The molecular weight excluding hydrogens is 376 g/mol. The molecule has 0 N–H and O–H groups in total. The quantitative estimate of drug-likeness (QED) is 0.411. The third-order valence-electron chi connectivity index (χ3n) is 7.35.